The van der Waals surface area contributed by atoms with Crippen LogP contribution in [0, 0.1) is 11.3 Å². The molecule has 1 aromatic carbocycles. The average Bonchev–Trinajstić information content (AvgIpc) is 3.54. The summed E-state index contributed by atoms with van der Waals surface area (Å²) in [5.74, 6) is 1.30. The second kappa shape index (κ2) is 8.13. The van der Waals surface area contributed by atoms with Crippen LogP contribution in [0.3, 0.4) is 0 Å². The highest BCUT2D eigenvalue weighted by molar-refractivity contribution is 7.85. The number of ether oxygens (including phenoxy) is 1. The zero-order valence-electron chi connectivity index (χ0n) is 16.3. The van der Waals surface area contributed by atoms with Gasteiger partial charge >= 0.3 is 0 Å². The summed E-state index contributed by atoms with van der Waals surface area (Å²) in [5.41, 5.74) is 2.56. The van der Waals surface area contributed by atoms with E-state index in [1.54, 1.807) is 18.5 Å². The molecule has 1 saturated carbocycles. The third kappa shape index (κ3) is 4.51. The van der Waals surface area contributed by atoms with Gasteiger partial charge in [-0.3, -0.25) is 9.19 Å². The number of anilines is 2. The molecule has 4 rings (SSSR count). The fourth-order valence-corrected chi connectivity index (χ4v) is 4.28. The van der Waals surface area contributed by atoms with Crippen molar-refractivity contribution in [2.24, 2.45) is 0 Å². The predicted molar refractivity (Wildman–Crippen MR) is 112 cm³/mol. The number of nitrogens with zero attached hydrogens (tertiary/aromatic N) is 4. The van der Waals surface area contributed by atoms with Gasteiger partial charge in [0.05, 0.1) is 23.1 Å². The summed E-state index contributed by atoms with van der Waals surface area (Å²) in [6.45, 7) is 3.81. The molecule has 148 valence electrons. The number of aromatic nitrogens is 3. The molecule has 1 fully saturated rings. The fraction of sp³-hybridized carbons (Fsp3) is 0.333. The SMILES string of the molecule is CC(C)Oc1c(C#N)ccc2cnc(Nc3ccnc(CS(=O)C4CC4)c3)nc12. The standard InChI is InChI=1S/C21H21N5O2S/c1-13(2)28-20-14(10-22)3-4-15-11-24-21(26-19(15)20)25-16-7-8-23-17(9-16)12-29(27)18-5-6-18/h3-4,7-9,11,13,18H,5-6,12H2,1-2H3,(H,23,24,25,26). The molecule has 2 heterocycles. The number of hydrogen-bond donors (Lipinski definition) is 1. The molecule has 0 aliphatic heterocycles. The molecule has 0 bridgehead atoms. The van der Waals surface area contributed by atoms with Crippen LogP contribution in [0.1, 0.15) is 37.9 Å². The molecule has 1 aliphatic rings. The third-order valence-electron chi connectivity index (χ3n) is 4.44. The van der Waals surface area contributed by atoms with Crippen LogP contribution in [0.25, 0.3) is 10.9 Å². The normalized spacial score (nSPS) is 14.6. The van der Waals surface area contributed by atoms with Gasteiger partial charge in [-0.15, -0.1) is 0 Å². The van der Waals surface area contributed by atoms with Gasteiger partial charge in [0.1, 0.15) is 11.6 Å². The van der Waals surface area contributed by atoms with E-state index in [0.717, 1.165) is 29.6 Å². The molecule has 8 heteroatoms. The Bertz CT molecular complexity index is 1120. The lowest BCUT2D eigenvalue weighted by Gasteiger charge is -2.14. The summed E-state index contributed by atoms with van der Waals surface area (Å²) in [7, 11) is -0.866. The van der Waals surface area contributed by atoms with E-state index in [9.17, 15) is 9.47 Å². The molecule has 0 amide bonds. The predicted octanol–water partition coefficient (Wildman–Crippen LogP) is 3.84. The second-order valence-electron chi connectivity index (χ2n) is 7.24. The first kappa shape index (κ1) is 19.3. The molecule has 7 nitrogen and oxygen atoms in total. The van der Waals surface area contributed by atoms with Gasteiger partial charge in [0.25, 0.3) is 0 Å². The molecule has 0 saturated heterocycles. The lowest BCUT2D eigenvalue weighted by Crippen LogP contribution is -2.08. The highest BCUT2D eigenvalue weighted by Crippen LogP contribution is 2.30. The van der Waals surface area contributed by atoms with E-state index in [4.69, 9.17) is 4.74 Å². The van der Waals surface area contributed by atoms with Crippen molar-refractivity contribution < 1.29 is 8.95 Å². The fourth-order valence-electron chi connectivity index (χ4n) is 2.93. The van der Waals surface area contributed by atoms with Gasteiger partial charge in [-0.05, 0) is 51.0 Å². The Kier molecular flexibility index (Phi) is 5.41. The lowest BCUT2D eigenvalue weighted by atomic mass is 10.1. The summed E-state index contributed by atoms with van der Waals surface area (Å²) >= 11 is 0. The van der Waals surface area contributed by atoms with Crippen LogP contribution in [-0.2, 0) is 16.6 Å². The summed E-state index contributed by atoms with van der Waals surface area (Å²) in [6.07, 6.45) is 5.38. The van der Waals surface area contributed by atoms with Crippen LogP contribution in [0.4, 0.5) is 11.6 Å². The smallest absolute Gasteiger partial charge is 0.227 e. The quantitative estimate of drug-likeness (QED) is 0.635. The van der Waals surface area contributed by atoms with E-state index in [2.05, 4.69) is 26.3 Å². The van der Waals surface area contributed by atoms with Crippen molar-refractivity contribution in [1.29, 1.82) is 5.26 Å². The highest BCUT2D eigenvalue weighted by Gasteiger charge is 2.28. The number of hydrogen-bond acceptors (Lipinski definition) is 7. The summed E-state index contributed by atoms with van der Waals surface area (Å²) in [6, 6.07) is 9.36. The van der Waals surface area contributed by atoms with E-state index in [1.165, 1.54) is 0 Å². The highest BCUT2D eigenvalue weighted by atomic mass is 32.2. The number of nitrogens with one attached hydrogen (secondary N) is 1. The number of nitriles is 1. The monoisotopic (exact) mass is 407 g/mol. The van der Waals surface area contributed by atoms with Crippen molar-refractivity contribution in [2.75, 3.05) is 5.32 Å². The van der Waals surface area contributed by atoms with Gasteiger partial charge in [-0.25, -0.2) is 9.97 Å². The van der Waals surface area contributed by atoms with Crippen molar-refractivity contribution in [3.05, 3.63) is 47.9 Å². The maximum atomic E-state index is 12.2. The summed E-state index contributed by atoms with van der Waals surface area (Å²) < 4.78 is 18.0. The van der Waals surface area contributed by atoms with E-state index in [-0.39, 0.29) is 6.10 Å². The van der Waals surface area contributed by atoms with E-state index in [0.29, 0.717) is 33.8 Å². The van der Waals surface area contributed by atoms with Crippen LogP contribution >= 0.6 is 0 Å². The summed E-state index contributed by atoms with van der Waals surface area (Å²) in [4.78, 5) is 13.3. The van der Waals surface area contributed by atoms with Gasteiger partial charge in [0.15, 0.2) is 5.75 Å². The van der Waals surface area contributed by atoms with E-state index in [1.807, 2.05) is 32.0 Å². The first-order chi connectivity index (χ1) is 14.0. The molecule has 1 atom stereocenters. The first-order valence-electron chi connectivity index (χ1n) is 9.49. The number of benzene rings is 1. The Morgan fingerprint density at radius 1 is 1.31 bits per heavy atom. The maximum Gasteiger partial charge on any atom is 0.227 e. The molecule has 1 aliphatic carbocycles. The number of rotatable bonds is 7. The Balaban J connectivity index is 1.63. The van der Waals surface area contributed by atoms with E-state index < -0.39 is 10.8 Å². The first-order valence-corrected chi connectivity index (χ1v) is 10.9. The van der Waals surface area contributed by atoms with Crippen molar-refractivity contribution in [3.63, 3.8) is 0 Å². The number of fused-ring (bicyclic) bond motifs is 1. The molecule has 3 aromatic rings. The molecule has 1 N–H and O–H groups in total. The molecule has 2 aromatic heterocycles. The Morgan fingerprint density at radius 2 is 2.14 bits per heavy atom. The maximum absolute atomic E-state index is 12.2. The minimum Gasteiger partial charge on any atom is -0.487 e. The van der Waals surface area contributed by atoms with Crippen molar-refractivity contribution in [1.82, 2.24) is 15.0 Å². The Hall–Kier alpha value is -3.05. The second-order valence-corrected chi connectivity index (χ2v) is 8.95. The number of pyridine rings is 1. The molecule has 0 radical (unpaired) electrons. The minimum atomic E-state index is -0.866. The van der Waals surface area contributed by atoms with Crippen molar-refractivity contribution >= 4 is 33.3 Å². The molecular formula is C21H21N5O2S. The van der Waals surface area contributed by atoms with Gasteiger partial charge in [0, 0.05) is 39.5 Å². The van der Waals surface area contributed by atoms with Gasteiger partial charge < -0.3 is 10.1 Å². The van der Waals surface area contributed by atoms with Crippen LogP contribution in [0.2, 0.25) is 0 Å². The minimum absolute atomic E-state index is 0.0887. The molecule has 1 unspecified atom stereocenters. The molecule has 29 heavy (non-hydrogen) atoms. The molecule has 0 spiro atoms. The van der Waals surface area contributed by atoms with Crippen molar-refractivity contribution in [2.45, 2.75) is 43.8 Å². The summed E-state index contributed by atoms with van der Waals surface area (Å²) in [5, 5.41) is 13.7. The Labute approximate surface area is 171 Å². The van der Waals surface area contributed by atoms with Crippen LogP contribution in [-0.4, -0.2) is 30.5 Å². The van der Waals surface area contributed by atoms with Gasteiger partial charge in [-0.2, -0.15) is 5.26 Å². The van der Waals surface area contributed by atoms with Crippen LogP contribution in [0.5, 0.6) is 5.75 Å². The van der Waals surface area contributed by atoms with Gasteiger partial charge in [-0.1, -0.05) is 0 Å². The van der Waals surface area contributed by atoms with Crippen LogP contribution in [0.15, 0.2) is 36.7 Å². The van der Waals surface area contributed by atoms with E-state index >= 15 is 0 Å². The lowest BCUT2D eigenvalue weighted by molar-refractivity contribution is 0.244. The van der Waals surface area contributed by atoms with Crippen LogP contribution < -0.4 is 10.1 Å². The zero-order valence-corrected chi connectivity index (χ0v) is 17.1. The zero-order chi connectivity index (χ0) is 20.4. The third-order valence-corrected chi connectivity index (χ3v) is 6.23. The molecular weight excluding hydrogens is 386 g/mol. The van der Waals surface area contributed by atoms with Gasteiger partial charge in [0.2, 0.25) is 5.95 Å². The topological polar surface area (TPSA) is 101 Å². The van der Waals surface area contributed by atoms with Crippen molar-refractivity contribution in [3.8, 4) is 11.8 Å². The Morgan fingerprint density at radius 3 is 2.86 bits per heavy atom. The average molecular weight is 407 g/mol. The largest absolute Gasteiger partial charge is 0.487 e.